The maximum absolute atomic E-state index is 14.4. The number of para-hydroxylation sites is 2. The van der Waals surface area contributed by atoms with Crippen LogP contribution >= 0.6 is 0 Å². The van der Waals surface area contributed by atoms with Crippen LogP contribution in [0.25, 0.3) is 10.9 Å². The zero-order valence-corrected chi connectivity index (χ0v) is 25.1. The number of carbonyl (C=O) groups is 3. The van der Waals surface area contributed by atoms with Crippen molar-refractivity contribution in [3.8, 4) is 0 Å². The number of rotatable bonds is 7. The van der Waals surface area contributed by atoms with E-state index >= 15 is 0 Å². The van der Waals surface area contributed by atoms with Crippen LogP contribution in [0.4, 0.5) is 10.5 Å². The van der Waals surface area contributed by atoms with E-state index in [4.69, 9.17) is 4.74 Å². The van der Waals surface area contributed by atoms with Crippen molar-refractivity contribution in [1.82, 2.24) is 20.1 Å². The van der Waals surface area contributed by atoms with Gasteiger partial charge in [0.05, 0.1) is 24.5 Å². The topological polar surface area (TPSA) is 98.0 Å². The van der Waals surface area contributed by atoms with E-state index < -0.39 is 18.1 Å². The van der Waals surface area contributed by atoms with Gasteiger partial charge in [0.1, 0.15) is 12.1 Å². The highest BCUT2D eigenvalue weighted by Crippen LogP contribution is 2.45. The lowest BCUT2D eigenvalue weighted by Gasteiger charge is -2.36. The summed E-state index contributed by atoms with van der Waals surface area (Å²) in [5, 5.41) is 4.05. The summed E-state index contributed by atoms with van der Waals surface area (Å²) in [6.45, 7) is 8.51. The van der Waals surface area contributed by atoms with Crippen molar-refractivity contribution in [3.63, 3.8) is 0 Å². The quantitative estimate of drug-likeness (QED) is 0.300. The van der Waals surface area contributed by atoms with Crippen molar-refractivity contribution >= 4 is 34.4 Å². The third kappa shape index (κ3) is 4.86. The third-order valence-corrected chi connectivity index (χ3v) is 9.17. The lowest BCUT2D eigenvalue weighted by atomic mass is 9.88. The summed E-state index contributed by atoms with van der Waals surface area (Å²) < 4.78 is 5.41. The number of carbonyl (C=O) groups excluding carboxylic acids is 3. The first kappa shape index (κ1) is 28.3. The number of aromatic amines is 1. The van der Waals surface area contributed by atoms with Crippen LogP contribution in [0.3, 0.4) is 0 Å². The van der Waals surface area contributed by atoms with Crippen LogP contribution in [0.1, 0.15) is 58.5 Å². The zero-order valence-electron chi connectivity index (χ0n) is 25.1. The van der Waals surface area contributed by atoms with E-state index in [1.807, 2.05) is 18.2 Å². The number of hydrogen-bond donors (Lipinski definition) is 2. The number of aromatic nitrogens is 1. The van der Waals surface area contributed by atoms with Crippen LogP contribution in [-0.2, 0) is 16.0 Å². The SMILES string of the molecule is CC(C)c1ccc([C@H]2c3[nH]c4ccccc4c3C[C@H]3C(=O)N(c4ccccc4C(=O)NCCN4CCOCC4)C(=O)N23)cc1. The van der Waals surface area contributed by atoms with Gasteiger partial charge in [0.25, 0.3) is 11.8 Å². The van der Waals surface area contributed by atoms with Gasteiger partial charge in [-0.15, -0.1) is 0 Å². The lowest BCUT2D eigenvalue weighted by Crippen LogP contribution is -2.44. The molecule has 2 fully saturated rings. The minimum atomic E-state index is -0.693. The number of anilines is 1. The number of benzene rings is 3. The summed E-state index contributed by atoms with van der Waals surface area (Å²) in [6.07, 6.45) is 0.398. The molecule has 9 heteroatoms. The Balaban J connectivity index is 1.23. The number of nitrogens with zero attached hydrogens (tertiary/aromatic N) is 3. The molecule has 4 aromatic rings. The van der Waals surface area contributed by atoms with Crippen molar-refractivity contribution in [1.29, 1.82) is 0 Å². The van der Waals surface area contributed by atoms with E-state index in [-0.39, 0.29) is 11.8 Å². The Kier molecular flexibility index (Phi) is 7.43. The average Bonchev–Trinajstić information content (AvgIpc) is 3.54. The first-order valence-electron chi connectivity index (χ1n) is 15.5. The van der Waals surface area contributed by atoms with Gasteiger partial charge < -0.3 is 15.0 Å². The first-order chi connectivity index (χ1) is 21.4. The van der Waals surface area contributed by atoms with Crippen molar-refractivity contribution in [2.45, 2.75) is 38.3 Å². The number of H-pyrrole nitrogens is 1. The minimum absolute atomic E-state index is 0.304. The van der Waals surface area contributed by atoms with E-state index in [1.54, 1.807) is 29.2 Å². The van der Waals surface area contributed by atoms with Crippen molar-refractivity contribution in [3.05, 3.63) is 101 Å². The molecule has 0 radical (unpaired) electrons. The fourth-order valence-corrected chi connectivity index (χ4v) is 6.81. The summed E-state index contributed by atoms with van der Waals surface area (Å²) in [4.78, 5) is 50.8. The average molecular weight is 592 g/mol. The lowest BCUT2D eigenvalue weighted by molar-refractivity contribution is -0.120. The molecule has 7 rings (SSSR count). The standard InChI is InChI=1S/C35H37N5O4/c1-22(2)23-11-13-24(14-12-23)32-31-27(25-7-3-5-9-28(25)37-31)21-30-34(42)40(35(43)39(30)32)29-10-6-4-8-26(29)33(41)36-15-16-38-17-19-44-20-18-38/h3-14,22,30,32,37H,15-21H2,1-2H3,(H,36,41)/t30-,32-/m0/s1. The van der Waals surface area contributed by atoms with Crippen LogP contribution in [0.2, 0.25) is 0 Å². The molecule has 0 spiro atoms. The van der Waals surface area contributed by atoms with Crippen molar-refractivity contribution in [2.75, 3.05) is 44.3 Å². The van der Waals surface area contributed by atoms with Gasteiger partial charge in [0.15, 0.2) is 0 Å². The maximum atomic E-state index is 14.4. The minimum Gasteiger partial charge on any atom is -0.379 e. The van der Waals surface area contributed by atoms with Gasteiger partial charge in [0, 0.05) is 49.2 Å². The molecule has 2 saturated heterocycles. The Morgan fingerprint density at radius 3 is 2.48 bits per heavy atom. The van der Waals surface area contributed by atoms with Gasteiger partial charge in [-0.2, -0.15) is 0 Å². The van der Waals surface area contributed by atoms with Gasteiger partial charge in [-0.25, -0.2) is 9.69 Å². The predicted molar refractivity (Wildman–Crippen MR) is 169 cm³/mol. The Morgan fingerprint density at radius 2 is 1.70 bits per heavy atom. The summed E-state index contributed by atoms with van der Waals surface area (Å²) in [7, 11) is 0. The summed E-state index contributed by atoms with van der Waals surface area (Å²) in [6, 6.07) is 21.7. The van der Waals surface area contributed by atoms with Crippen molar-refractivity contribution in [2.24, 2.45) is 0 Å². The molecule has 0 unspecified atom stereocenters. The predicted octanol–water partition coefficient (Wildman–Crippen LogP) is 4.84. The normalized spacial score (nSPS) is 20.3. The number of urea groups is 1. The van der Waals surface area contributed by atoms with Gasteiger partial charge in [0.2, 0.25) is 0 Å². The monoisotopic (exact) mass is 591 g/mol. The second-order valence-corrected chi connectivity index (χ2v) is 12.1. The van der Waals surface area contributed by atoms with Crippen LogP contribution < -0.4 is 10.2 Å². The van der Waals surface area contributed by atoms with Gasteiger partial charge in [-0.05, 0) is 40.8 Å². The number of imide groups is 1. The zero-order chi connectivity index (χ0) is 30.4. The molecule has 1 aromatic heterocycles. The fraction of sp³-hybridized carbons (Fsp3) is 0.343. The van der Waals surface area contributed by atoms with E-state index in [0.717, 1.165) is 40.8 Å². The molecule has 226 valence electrons. The molecule has 3 aliphatic rings. The molecule has 0 aliphatic carbocycles. The maximum Gasteiger partial charge on any atom is 0.332 e. The molecule has 0 bridgehead atoms. The molecule has 2 N–H and O–H groups in total. The van der Waals surface area contributed by atoms with Crippen LogP contribution in [0.15, 0.2) is 72.8 Å². The highest BCUT2D eigenvalue weighted by atomic mass is 16.5. The largest absolute Gasteiger partial charge is 0.379 e. The van der Waals surface area contributed by atoms with Gasteiger partial charge in [-0.3, -0.25) is 19.4 Å². The smallest absolute Gasteiger partial charge is 0.332 e. The summed E-state index contributed by atoms with van der Waals surface area (Å²) >= 11 is 0. The second-order valence-electron chi connectivity index (χ2n) is 12.1. The molecular formula is C35H37N5O4. The Hall–Kier alpha value is -4.47. The van der Waals surface area contributed by atoms with Crippen LogP contribution in [-0.4, -0.2) is 78.1 Å². The van der Waals surface area contributed by atoms with E-state index in [1.165, 1.54) is 10.5 Å². The molecule has 3 aromatic carbocycles. The highest BCUT2D eigenvalue weighted by molar-refractivity contribution is 6.24. The number of hydrogen-bond acceptors (Lipinski definition) is 5. The van der Waals surface area contributed by atoms with Crippen molar-refractivity contribution < 1.29 is 19.1 Å². The molecule has 4 amide bonds. The Morgan fingerprint density at radius 1 is 0.977 bits per heavy atom. The number of ether oxygens (including phenoxy) is 1. The molecule has 0 saturated carbocycles. The molecule has 9 nitrogen and oxygen atoms in total. The first-order valence-corrected chi connectivity index (χ1v) is 15.5. The third-order valence-electron chi connectivity index (χ3n) is 9.17. The van der Waals surface area contributed by atoms with Gasteiger partial charge >= 0.3 is 6.03 Å². The number of nitrogens with one attached hydrogen (secondary N) is 2. The van der Waals surface area contributed by atoms with Gasteiger partial charge in [-0.1, -0.05) is 68.4 Å². The molecule has 44 heavy (non-hydrogen) atoms. The number of fused-ring (bicyclic) bond motifs is 4. The Bertz CT molecular complexity index is 1720. The highest BCUT2D eigenvalue weighted by Gasteiger charge is 2.53. The van der Waals surface area contributed by atoms with E-state index in [0.29, 0.717) is 49.9 Å². The van der Waals surface area contributed by atoms with E-state index in [2.05, 4.69) is 59.4 Å². The Labute approximate surface area is 256 Å². The van der Waals surface area contributed by atoms with Crippen LogP contribution in [0, 0.1) is 0 Å². The van der Waals surface area contributed by atoms with Crippen LogP contribution in [0.5, 0.6) is 0 Å². The summed E-state index contributed by atoms with van der Waals surface area (Å²) in [5.74, 6) is -0.256. The molecule has 4 heterocycles. The van der Waals surface area contributed by atoms with E-state index in [9.17, 15) is 14.4 Å². The summed E-state index contributed by atoms with van der Waals surface area (Å²) in [5.41, 5.74) is 5.72. The number of amides is 4. The molecule has 2 atom stereocenters. The number of morpholine rings is 1. The molecular weight excluding hydrogens is 554 g/mol. The fourth-order valence-electron chi connectivity index (χ4n) is 6.81. The molecule has 3 aliphatic heterocycles. The second kappa shape index (κ2) is 11.6.